The molecule has 1 aliphatic rings. The van der Waals surface area contributed by atoms with E-state index in [0.29, 0.717) is 5.92 Å². The van der Waals surface area contributed by atoms with Gasteiger partial charge in [-0.15, -0.1) is 0 Å². The van der Waals surface area contributed by atoms with E-state index in [1.54, 1.807) is 0 Å². The number of carbonyl (C=O) groups is 1. The smallest absolute Gasteiger partial charge is 0.226 e. The summed E-state index contributed by atoms with van der Waals surface area (Å²) >= 11 is 0. The molecule has 4 nitrogen and oxygen atoms in total. The van der Waals surface area contributed by atoms with Gasteiger partial charge in [0, 0.05) is 0 Å². The maximum absolute atomic E-state index is 12.6. The third-order valence-electron chi connectivity index (χ3n) is 4.08. The van der Waals surface area contributed by atoms with Crippen molar-refractivity contribution in [3.05, 3.63) is 0 Å². The van der Waals surface area contributed by atoms with E-state index < -0.39 is 0 Å². The lowest BCUT2D eigenvalue weighted by Crippen LogP contribution is -2.51. The fourth-order valence-corrected chi connectivity index (χ4v) is 3.06. The molecular weight excluding hydrogens is 240 g/mol. The molecule has 0 saturated carbocycles. The van der Waals surface area contributed by atoms with Gasteiger partial charge in [-0.2, -0.15) is 0 Å². The van der Waals surface area contributed by atoms with Crippen LogP contribution >= 0.6 is 0 Å². The lowest BCUT2D eigenvalue weighted by atomic mass is 9.74. The summed E-state index contributed by atoms with van der Waals surface area (Å²) in [4.78, 5) is 12.6. The van der Waals surface area contributed by atoms with Gasteiger partial charge in [-0.3, -0.25) is 4.79 Å². The molecule has 1 amide bonds. The van der Waals surface area contributed by atoms with Gasteiger partial charge in [0.15, 0.2) is 0 Å². The van der Waals surface area contributed by atoms with Crippen LogP contribution in [0, 0.1) is 11.3 Å². The first kappa shape index (κ1) is 16.4. The Kier molecular flexibility index (Phi) is 6.80. The van der Waals surface area contributed by atoms with E-state index in [0.717, 1.165) is 45.2 Å². The first-order valence-electron chi connectivity index (χ1n) is 7.66. The first-order chi connectivity index (χ1) is 9.04. The zero-order chi connectivity index (χ0) is 14.3. The lowest BCUT2D eigenvalue weighted by molar-refractivity contribution is -0.134. The fourth-order valence-electron chi connectivity index (χ4n) is 3.06. The third kappa shape index (κ3) is 4.77. The second-order valence-electron chi connectivity index (χ2n) is 6.26. The Morgan fingerprint density at radius 2 is 2.00 bits per heavy atom. The van der Waals surface area contributed by atoms with Crippen molar-refractivity contribution in [3.8, 4) is 0 Å². The summed E-state index contributed by atoms with van der Waals surface area (Å²) in [5, 5.41) is 15.8. The molecule has 1 heterocycles. The number of carbonyl (C=O) groups excluding carboxylic acids is 1. The van der Waals surface area contributed by atoms with Crippen LogP contribution in [-0.2, 0) is 4.79 Å². The van der Waals surface area contributed by atoms with Crippen LogP contribution in [0.1, 0.15) is 52.9 Å². The van der Waals surface area contributed by atoms with E-state index in [2.05, 4.69) is 31.4 Å². The summed E-state index contributed by atoms with van der Waals surface area (Å²) in [5.41, 5.74) is -0.218. The summed E-state index contributed by atoms with van der Waals surface area (Å²) in [6, 6.07) is -0.101. The minimum absolute atomic E-state index is 0.0321. The minimum Gasteiger partial charge on any atom is -0.394 e. The van der Waals surface area contributed by atoms with Crippen molar-refractivity contribution in [3.63, 3.8) is 0 Å². The van der Waals surface area contributed by atoms with Crippen LogP contribution in [-0.4, -0.2) is 36.8 Å². The molecule has 0 aromatic heterocycles. The number of nitrogens with one attached hydrogen (secondary N) is 2. The zero-order valence-corrected chi connectivity index (χ0v) is 12.7. The van der Waals surface area contributed by atoms with Crippen molar-refractivity contribution >= 4 is 5.91 Å². The maximum Gasteiger partial charge on any atom is 0.226 e. The molecule has 1 fully saturated rings. The molecule has 0 spiro atoms. The van der Waals surface area contributed by atoms with Crippen LogP contribution in [0.5, 0.6) is 0 Å². The van der Waals surface area contributed by atoms with Gasteiger partial charge in [-0.1, -0.05) is 27.2 Å². The largest absolute Gasteiger partial charge is 0.394 e. The molecule has 19 heavy (non-hydrogen) atoms. The van der Waals surface area contributed by atoms with Crippen LogP contribution < -0.4 is 10.6 Å². The van der Waals surface area contributed by atoms with Gasteiger partial charge in [0.1, 0.15) is 0 Å². The molecule has 0 aliphatic carbocycles. The highest BCUT2D eigenvalue weighted by Crippen LogP contribution is 2.34. The Labute approximate surface area is 117 Å². The highest BCUT2D eigenvalue weighted by molar-refractivity contribution is 5.83. The lowest BCUT2D eigenvalue weighted by Gasteiger charge is -2.37. The van der Waals surface area contributed by atoms with Gasteiger partial charge in [-0.05, 0) is 44.7 Å². The molecule has 1 rings (SSSR count). The van der Waals surface area contributed by atoms with Gasteiger partial charge < -0.3 is 15.7 Å². The van der Waals surface area contributed by atoms with Crippen LogP contribution in [0.15, 0.2) is 0 Å². The second kappa shape index (κ2) is 7.85. The van der Waals surface area contributed by atoms with E-state index in [1.165, 1.54) is 0 Å². The van der Waals surface area contributed by atoms with Crippen LogP contribution in [0.3, 0.4) is 0 Å². The molecule has 0 aromatic rings. The number of piperidine rings is 1. The molecule has 1 saturated heterocycles. The molecule has 0 aromatic carbocycles. The van der Waals surface area contributed by atoms with Crippen LogP contribution in [0.4, 0.5) is 0 Å². The minimum atomic E-state index is -0.218. The number of hydrogen-bond acceptors (Lipinski definition) is 3. The van der Waals surface area contributed by atoms with E-state index in [4.69, 9.17) is 0 Å². The average molecular weight is 270 g/mol. The Balaban J connectivity index is 2.65. The van der Waals surface area contributed by atoms with Gasteiger partial charge in [0.05, 0.1) is 18.1 Å². The maximum atomic E-state index is 12.6. The monoisotopic (exact) mass is 270 g/mol. The summed E-state index contributed by atoms with van der Waals surface area (Å²) in [6.07, 6.45) is 4.63. The summed E-state index contributed by atoms with van der Waals surface area (Å²) in [5.74, 6) is 0.628. The number of aliphatic hydroxyl groups excluding tert-OH is 1. The molecular formula is C15H30N2O2. The molecule has 0 radical (unpaired) electrons. The predicted molar refractivity (Wildman–Crippen MR) is 77.9 cm³/mol. The molecule has 1 atom stereocenters. The summed E-state index contributed by atoms with van der Waals surface area (Å²) in [7, 11) is 0. The van der Waals surface area contributed by atoms with Gasteiger partial charge in [0.2, 0.25) is 5.91 Å². The Morgan fingerprint density at radius 3 is 2.47 bits per heavy atom. The molecule has 1 aliphatic heterocycles. The topological polar surface area (TPSA) is 61.4 Å². The first-order valence-corrected chi connectivity index (χ1v) is 7.66. The van der Waals surface area contributed by atoms with Crippen molar-refractivity contribution in [1.29, 1.82) is 0 Å². The number of aliphatic hydroxyl groups is 1. The molecule has 4 heteroatoms. The molecule has 1 unspecified atom stereocenters. The van der Waals surface area contributed by atoms with Crippen LogP contribution in [0.25, 0.3) is 0 Å². The molecule has 112 valence electrons. The van der Waals surface area contributed by atoms with E-state index in [9.17, 15) is 9.90 Å². The summed E-state index contributed by atoms with van der Waals surface area (Å²) in [6.45, 7) is 8.23. The average Bonchev–Trinajstić information content (AvgIpc) is 2.38. The second-order valence-corrected chi connectivity index (χ2v) is 6.26. The Morgan fingerprint density at radius 1 is 1.37 bits per heavy atom. The SMILES string of the molecule is CCCC1(C(=O)NC(CO)CC(C)C)CCNCC1. The normalized spacial score (nSPS) is 20.3. The van der Waals surface area contributed by atoms with Crippen molar-refractivity contribution in [2.75, 3.05) is 19.7 Å². The van der Waals surface area contributed by atoms with E-state index in [-0.39, 0.29) is 24.0 Å². The van der Waals surface area contributed by atoms with Crippen LogP contribution in [0.2, 0.25) is 0 Å². The van der Waals surface area contributed by atoms with Crippen molar-refractivity contribution < 1.29 is 9.90 Å². The quantitative estimate of drug-likeness (QED) is 0.659. The van der Waals surface area contributed by atoms with Gasteiger partial charge >= 0.3 is 0 Å². The van der Waals surface area contributed by atoms with Crippen molar-refractivity contribution in [2.24, 2.45) is 11.3 Å². The van der Waals surface area contributed by atoms with Crippen molar-refractivity contribution in [1.82, 2.24) is 10.6 Å². The zero-order valence-electron chi connectivity index (χ0n) is 12.7. The highest BCUT2D eigenvalue weighted by Gasteiger charge is 2.39. The molecule has 0 bridgehead atoms. The molecule has 3 N–H and O–H groups in total. The standard InChI is InChI=1S/C15H30N2O2/c1-4-5-15(6-8-16-9-7-15)14(19)17-13(11-18)10-12(2)3/h12-13,16,18H,4-11H2,1-3H3,(H,17,19). The Bertz CT molecular complexity index is 268. The Hall–Kier alpha value is -0.610. The third-order valence-corrected chi connectivity index (χ3v) is 4.08. The number of hydrogen-bond donors (Lipinski definition) is 3. The number of amides is 1. The van der Waals surface area contributed by atoms with E-state index in [1.807, 2.05) is 0 Å². The fraction of sp³-hybridized carbons (Fsp3) is 0.933. The van der Waals surface area contributed by atoms with E-state index >= 15 is 0 Å². The van der Waals surface area contributed by atoms with Crippen molar-refractivity contribution in [2.45, 2.75) is 58.9 Å². The van der Waals surface area contributed by atoms with Gasteiger partial charge in [-0.25, -0.2) is 0 Å². The highest BCUT2D eigenvalue weighted by atomic mass is 16.3. The predicted octanol–water partition coefficient (Wildman–Crippen LogP) is 1.68. The summed E-state index contributed by atoms with van der Waals surface area (Å²) < 4.78 is 0. The number of rotatable bonds is 7. The van der Waals surface area contributed by atoms with Gasteiger partial charge in [0.25, 0.3) is 0 Å².